The van der Waals surface area contributed by atoms with Crippen LogP contribution in [0, 0.1) is 6.92 Å². The predicted octanol–water partition coefficient (Wildman–Crippen LogP) is 4.53. The molecule has 2 heterocycles. The molecule has 5 rings (SSSR count). The summed E-state index contributed by atoms with van der Waals surface area (Å²) < 4.78 is 69.8. The number of carbonyl (C=O) groups excluding carboxylic acids is 1. The van der Waals surface area contributed by atoms with E-state index < -0.39 is 41.4 Å². The molecule has 3 fully saturated rings. The van der Waals surface area contributed by atoms with Crippen LogP contribution in [-0.2, 0) is 47.9 Å². The molecule has 2 aliphatic heterocycles. The fraction of sp³-hybridized carbons (Fsp3) is 0.567. The fourth-order valence-corrected chi connectivity index (χ4v) is 5.65. The van der Waals surface area contributed by atoms with Crippen LogP contribution in [0.5, 0.6) is 0 Å². The molecule has 1 N–H and O–H groups in total. The van der Waals surface area contributed by atoms with Gasteiger partial charge < -0.3 is 23.7 Å². The molecule has 1 aliphatic carbocycles. The molecule has 2 aromatic rings. The van der Waals surface area contributed by atoms with Crippen LogP contribution >= 0.6 is 0 Å². The maximum absolute atomic E-state index is 14.0. The van der Waals surface area contributed by atoms with Crippen LogP contribution in [0.1, 0.15) is 48.9 Å². The number of halogens is 3. The zero-order chi connectivity index (χ0) is 29.3. The Labute approximate surface area is 238 Å². The summed E-state index contributed by atoms with van der Waals surface area (Å²) in [5.41, 5.74) is 3.57. The second-order valence-corrected chi connectivity index (χ2v) is 11.4. The highest BCUT2D eigenvalue weighted by Crippen LogP contribution is 2.44. The molecule has 3 aliphatic rings. The number of hydrogen-bond donors (Lipinski definition) is 1. The van der Waals surface area contributed by atoms with Gasteiger partial charge in [-0.2, -0.15) is 13.2 Å². The van der Waals surface area contributed by atoms with Crippen molar-refractivity contribution >= 4 is 5.91 Å². The molecule has 224 valence electrons. The minimum absolute atomic E-state index is 0.0366. The summed E-state index contributed by atoms with van der Waals surface area (Å²) >= 11 is 0. The maximum atomic E-state index is 14.0. The van der Waals surface area contributed by atoms with Gasteiger partial charge in [0.15, 0.2) is 11.4 Å². The third-order valence-corrected chi connectivity index (χ3v) is 7.68. The number of hydrogen-bond acceptors (Lipinski definition) is 7. The van der Waals surface area contributed by atoms with Crippen molar-refractivity contribution in [1.82, 2.24) is 10.4 Å². The predicted molar refractivity (Wildman–Crippen MR) is 142 cm³/mol. The standard InChI is InChI=1S/C30H37F3N2O6/c1-20-5-4-6-22(15-20)19-39-29(27(36)34-35-11-13-37-14-12-35)16-24(26-25(17-29)40-28(2,3)41-26)38-18-21-7-9-23(10-8-21)30(31,32)33/h4-10,15,24-26H,11-14,16-19H2,1-3H3,(H,34,36)/t24-,25+,26-,29+/m0/s1. The summed E-state index contributed by atoms with van der Waals surface area (Å²) in [4.78, 5) is 14.0. The number of fused-ring (bicyclic) bond motifs is 1. The lowest BCUT2D eigenvalue weighted by Crippen LogP contribution is -2.63. The van der Waals surface area contributed by atoms with Gasteiger partial charge in [0.05, 0.1) is 44.2 Å². The van der Waals surface area contributed by atoms with E-state index in [4.69, 9.17) is 23.7 Å². The van der Waals surface area contributed by atoms with Gasteiger partial charge in [0.1, 0.15) is 6.10 Å². The minimum atomic E-state index is -4.42. The van der Waals surface area contributed by atoms with Gasteiger partial charge in [0, 0.05) is 25.9 Å². The zero-order valence-corrected chi connectivity index (χ0v) is 23.5. The van der Waals surface area contributed by atoms with Crippen molar-refractivity contribution in [1.29, 1.82) is 0 Å². The minimum Gasteiger partial charge on any atom is -0.379 e. The largest absolute Gasteiger partial charge is 0.416 e. The first-order valence-corrected chi connectivity index (χ1v) is 13.9. The van der Waals surface area contributed by atoms with E-state index in [0.717, 1.165) is 23.3 Å². The van der Waals surface area contributed by atoms with Crippen molar-refractivity contribution in [2.45, 2.75) is 82.7 Å². The summed E-state index contributed by atoms with van der Waals surface area (Å²) in [6.07, 6.45) is -5.58. The van der Waals surface area contributed by atoms with Gasteiger partial charge in [-0.15, -0.1) is 0 Å². The number of carbonyl (C=O) groups is 1. The van der Waals surface area contributed by atoms with Crippen LogP contribution in [0.15, 0.2) is 48.5 Å². The van der Waals surface area contributed by atoms with Crippen LogP contribution in [0.3, 0.4) is 0 Å². The third-order valence-electron chi connectivity index (χ3n) is 7.68. The number of benzene rings is 2. The normalized spacial score (nSPS) is 28.3. The van der Waals surface area contributed by atoms with Crippen LogP contribution in [0.2, 0.25) is 0 Å². The lowest BCUT2D eigenvalue weighted by molar-refractivity contribution is -0.187. The van der Waals surface area contributed by atoms with Gasteiger partial charge in [-0.05, 0) is 44.0 Å². The van der Waals surface area contributed by atoms with Crippen molar-refractivity contribution in [3.8, 4) is 0 Å². The van der Waals surface area contributed by atoms with E-state index in [1.165, 1.54) is 12.1 Å². The molecule has 0 bridgehead atoms. The molecule has 0 aromatic heterocycles. The Balaban J connectivity index is 1.39. The molecule has 0 spiro atoms. The molecular formula is C30H37F3N2O6. The van der Waals surface area contributed by atoms with Crippen LogP contribution in [0.4, 0.5) is 13.2 Å². The molecule has 0 radical (unpaired) electrons. The highest BCUT2D eigenvalue weighted by atomic mass is 19.4. The quantitative estimate of drug-likeness (QED) is 0.493. The number of amides is 1. The van der Waals surface area contributed by atoms with Crippen LogP contribution in [-0.4, -0.2) is 66.9 Å². The monoisotopic (exact) mass is 578 g/mol. The van der Waals surface area contributed by atoms with E-state index in [-0.39, 0.29) is 32.0 Å². The van der Waals surface area contributed by atoms with Crippen molar-refractivity contribution in [3.63, 3.8) is 0 Å². The van der Waals surface area contributed by atoms with E-state index in [9.17, 15) is 18.0 Å². The van der Waals surface area contributed by atoms with E-state index >= 15 is 0 Å². The number of alkyl halides is 3. The van der Waals surface area contributed by atoms with Crippen LogP contribution < -0.4 is 5.43 Å². The Morgan fingerprint density at radius 3 is 2.44 bits per heavy atom. The highest BCUT2D eigenvalue weighted by molar-refractivity contribution is 5.85. The zero-order valence-electron chi connectivity index (χ0n) is 23.5. The Morgan fingerprint density at radius 2 is 1.76 bits per heavy atom. The summed E-state index contributed by atoms with van der Waals surface area (Å²) in [6, 6.07) is 12.7. The summed E-state index contributed by atoms with van der Waals surface area (Å²) in [5.74, 6) is -1.21. The van der Waals surface area contributed by atoms with Crippen molar-refractivity contribution < 1.29 is 41.7 Å². The average molecular weight is 579 g/mol. The molecule has 1 amide bonds. The topological polar surface area (TPSA) is 78.5 Å². The number of nitrogens with zero attached hydrogens (tertiary/aromatic N) is 1. The number of ether oxygens (including phenoxy) is 5. The number of morpholine rings is 1. The highest BCUT2D eigenvalue weighted by Gasteiger charge is 2.58. The molecule has 0 unspecified atom stereocenters. The number of rotatable bonds is 8. The first-order chi connectivity index (χ1) is 19.4. The molecule has 11 heteroatoms. The molecular weight excluding hydrogens is 541 g/mol. The molecule has 2 aromatic carbocycles. The van der Waals surface area contributed by atoms with Gasteiger partial charge in [0.2, 0.25) is 0 Å². The second kappa shape index (κ2) is 12.0. The Morgan fingerprint density at radius 1 is 1.02 bits per heavy atom. The molecule has 4 atom stereocenters. The van der Waals surface area contributed by atoms with Gasteiger partial charge in [-0.25, -0.2) is 5.01 Å². The first-order valence-electron chi connectivity index (χ1n) is 13.9. The Kier molecular flexibility index (Phi) is 8.75. The van der Waals surface area contributed by atoms with Gasteiger partial charge in [0.25, 0.3) is 5.91 Å². The molecule has 8 nitrogen and oxygen atoms in total. The number of hydrazine groups is 1. The van der Waals surface area contributed by atoms with E-state index in [2.05, 4.69) is 5.43 Å². The Hall–Kier alpha value is -2.54. The van der Waals surface area contributed by atoms with Gasteiger partial charge in [-0.3, -0.25) is 10.2 Å². The lowest BCUT2D eigenvalue weighted by atomic mass is 9.78. The summed E-state index contributed by atoms with van der Waals surface area (Å²) in [7, 11) is 0. The van der Waals surface area contributed by atoms with Crippen molar-refractivity contribution in [2.75, 3.05) is 26.3 Å². The first kappa shape index (κ1) is 29.9. The van der Waals surface area contributed by atoms with Gasteiger partial charge in [-0.1, -0.05) is 42.0 Å². The smallest absolute Gasteiger partial charge is 0.379 e. The van der Waals surface area contributed by atoms with Crippen molar-refractivity contribution in [2.24, 2.45) is 0 Å². The molecule has 1 saturated carbocycles. The number of nitrogens with one attached hydrogen (secondary N) is 1. The van der Waals surface area contributed by atoms with E-state index in [0.29, 0.717) is 31.9 Å². The van der Waals surface area contributed by atoms with Crippen molar-refractivity contribution in [3.05, 3.63) is 70.8 Å². The maximum Gasteiger partial charge on any atom is 0.416 e. The molecule has 41 heavy (non-hydrogen) atoms. The number of aryl methyl sites for hydroxylation is 1. The Bertz CT molecular complexity index is 1200. The second-order valence-electron chi connectivity index (χ2n) is 11.4. The van der Waals surface area contributed by atoms with E-state index in [1.54, 1.807) is 13.8 Å². The SMILES string of the molecule is Cc1cccc(CO[C@]2(C(=O)NN3CCOCC3)C[C@H](OCc3ccc(C(F)(F)F)cc3)[C@@H]3OC(C)(C)O[C@@H]3C2)c1. The third kappa shape index (κ3) is 7.28. The summed E-state index contributed by atoms with van der Waals surface area (Å²) in [6.45, 7) is 7.95. The van der Waals surface area contributed by atoms with E-state index in [1.807, 2.05) is 36.2 Å². The molecule has 2 saturated heterocycles. The van der Waals surface area contributed by atoms with Gasteiger partial charge >= 0.3 is 6.18 Å². The fourth-order valence-electron chi connectivity index (χ4n) is 5.65. The summed E-state index contributed by atoms with van der Waals surface area (Å²) in [5, 5.41) is 1.82. The lowest BCUT2D eigenvalue weighted by Gasteiger charge is -2.44. The van der Waals surface area contributed by atoms with Crippen LogP contribution in [0.25, 0.3) is 0 Å². The average Bonchev–Trinajstić information content (AvgIpc) is 3.24.